The van der Waals surface area contributed by atoms with E-state index in [-0.39, 0.29) is 0 Å². The van der Waals surface area contributed by atoms with Crippen LogP contribution in [0.5, 0.6) is 0 Å². The number of fused-ring (bicyclic) bond motifs is 1. The summed E-state index contributed by atoms with van der Waals surface area (Å²) in [5.41, 5.74) is 3.18. The first-order valence-corrected chi connectivity index (χ1v) is 5.16. The molecule has 0 spiro atoms. The maximum atomic E-state index is 11.1. The SMILES string of the molecule is Cc1ccc2c(c1)[C@@H](C(=O)O)NC[C@H]2C. The van der Waals surface area contributed by atoms with Gasteiger partial charge < -0.3 is 10.4 Å². The maximum Gasteiger partial charge on any atom is 0.325 e. The van der Waals surface area contributed by atoms with Crippen molar-refractivity contribution >= 4 is 5.97 Å². The fourth-order valence-electron chi connectivity index (χ4n) is 2.13. The predicted octanol–water partition coefficient (Wildman–Crippen LogP) is 1.83. The third-order valence-electron chi connectivity index (χ3n) is 2.96. The number of rotatable bonds is 1. The molecule has 1 aliphatic rings. The molecule has 0 aromatic heterocycles. The average molecular weight is 205 g/mol. The first kappa shape index (κ1) is 10.2. The van der Waals surface area contributed by atoms with E-state index in [4.69, 9.17) is 5.11 Å². The number of hydrogen-bond acceptors (Lipinski definition) is 2. The monoisotopic (exact) mass is 205 g/mol. The van der Waals surface area contributed by atoms with Crippen molar-refractivity contribution in [2.75, 3.05) is 6.54 Å². The van der Waals surface area contributed by atoms with Gasteiger partial charge in [-0.05, 0) is 24.0 Å². The van der Waals surface area contributed by atoms with E-state index in [1.165, 1.54) is 0 Å². The molecule has 2 atom stereocenters. The lowest BCUT2D eigenvalue weighted by molar-refractivity contribution is -0.139. The van der Waals surface area contributed by atoms with Crippen LogP contribution in [0, 0.1) is 6.92 Å². The Morgan fingerprint density at radius 1 is 1.47 bits per heavy atom. The summed E-state index contributed by atoms with van der Waals surface area (Å²) in [5.74, 6) is -0.412. The van der Waals surface area contributed by atoms with Crippen molar-refractivity contribution in [1.29, 1.82) is 0 Å². The Morgan fingerprint density at radius 2 is 2.20 bits per heavy atom. The Morgan fingerprint density at radius 3 is 2.87 bits per heavy atom. The van der Waals surface area contributed by atoms with E-state index in [9.17, 15) is 4.79 Å². The Balaban J connectivity index is 2.51. The van der Waals surface area contributed by atoms with Crippen molar-refractivity contribution in [3.63, 3.8) is 0 Å². The molecule has 1 aromatic rings. The second-order valence-electron chi connectivity index (χ2n) is 4.21. The summed E-state index contributed by atoms with van der Waals surface area (Å²) in [6.45, 7) is 4.82. The smallest absolute Gasteiger partial charge is 0.325 e. The minimum absolute atomic E-state index is 0.385. The summed E-state index contributed by atoms with van der Waals surface area (Å²) in [6.07, 6.45) is 0. The molecule has 0 radical (unpaired) electrons. The summed E-state index contributed by atoms with van der Waals surface area (Å²) >= 11 is 0. The van der Waals surface area contributed by atoms with Gasteiger partial charge in [0.2, 0.25) is 0 Å². The van der Waals surface area contributed by atoms with E-state index in [0.29, 0.717) is 5.92 Å². The lowest BCUT2D eigenvalue weighted by atomic mass is 9.87. The Bertz CT molecular complexity index is 401. The predicted molar refractivity (Wildman–Crippen MR) is 58.0 cm³/mol. The zero-order valence-electron chi connectivity index (χ0n) is 8.95. The molecule has 0 amide bonds. The molecule has 0 fully saturated rings. The number of aliphatic carboxylic acids is 1. The van der Waals surface area contributed by atoms with Gasteiger partial charge in [-0.3, -0.25) is 4.79 Å². The maximum absolute atomic E-state index is 11.1. The third-order valence-corrected chi connectivity index (χ3v) is 2.96. The van der Waals surface area contributed by atoms with Crippen LogP contribution < -0.4 is 5.32 Å². The summed E-state index contributed by atoms with van der Waals surface area (Å²) < 4.78 is 0. The quantitative estimate of drug-likeness (QED) is 0.735. The van der Waals surface area contributed by atoms with Gasteiger partial charge in [0, 0.05) is 6.54 Å². The largest absolute Gasteiger partial charge is 0.480 e. The molecule has 3 heteroatoms. The van der Waals surface area contributed by atoms with Gasteiger partial charge in [0.25, 0.3) is 0 Å². The molecule has 80 valence electrons. The number of aryl methyl sites for hydroxylation is 1. The molecule has 0 saturated heterocycles. The first-order chi connectivity index (χ1) is 7.09. The van der Waals surface area contributed by atoms with Crippen LogP contribution in [-0.4, -0.2) is 17.6 Å². The number of hydrogen-bond donors (Lipinski definition) is 2. The van der Waals surface area contributed by atoms with Crippen LogP contribution in [0.2, 0.25) is 0 Å². The third kappa shape index (κ3) is 1.75. The van der Waals surface area contributed by atoms with Gasteiger partial charge in [-0.1, -0.05) is 30.7 Å². The second kappa shape index (κ2) is 3.66. The molecule has 0 aliphatic carbocycles. The highest BCUT2D eigenvalue weighted by Crippen LogP contribution is 2.30. The molecule has 2 N–H and O–H groups in total. The highest BCUT2D eigenvalue weighted by Gasteiger charge is 2.28. The molecule has 0 saturated carbocycles. The molecule has 1 aliphatic heterocycles. The molecule has 1 aromatic carbocycles. The molecule has 0 bridgehead atoms. The van der Waals surface area contributed by atoms with Crippen molar-refractivity contribution in [3.8, 4) is 0 Å². The minimum atomic E-state index is -0.797. The van der Waals surface area contributed by atoms with E-state index in [0.717, 1.165) is 23.2 Å². The van der Waals surface area contributed by atoms with Crippen LogP contribution >= 0.6 is 0 Å². The van der Waals surface area contributed by atoms with Gasteiger partial charge in [-0.2, -0.15) is 0 Å². The first-order valence-electron chi connectivity index (χ1n) is 5.16. The highest BCUT2D eigenvalue weighted by atomic mass is 16.4. The lowest BCUT2D eigenvalue weighted by Gasteiger charge is -2.28. The molecule has 0 unspecified atom stereocenters. The minimum Gasteiger partial charge on any atom is -0.480 e. The fraction of sp³-hybridized carbons (Fsp3) is 0.417. The summed E-state index contributed by atoms with van der Waals surface area (Å²) in [7, 11) is 0. The van der Waals surface area contributed by atoms with Crippen molar-refractivity contribution in [1.82, 2.24) is 5.32 Å². The number of benzene rings is 1. The number of carbonyl (C=O) groups is 1. The normalized spacial score (nSPS) is 24.7. The van der Waals surface area contributed by atoms with Crippen LogP contribution in [-0.2, 0) is 4.79 Å². The molecular formula is C12H15NO2. The number of carboxylic acid groups (broad SMARTS) is 1. The zero-order chi connectivity index (χ0) is 11.0. The number of carboxylic acids is 1. The fourth-order valence-corrected chi connectivity index (χ4v) is 2.13. The van der Waals surface area contributed by atoms with Gasteiger partial charge in [0.1, 0.15) is 6.04 Å². The molecule has 1 heterocycles. The van der Waals surface area contributed by atoms with Crippen molar-refractivity contribution in [2.24, 2.45) is 0 Å². The summed E-state index contributed by atoms with van der Waals surface area (Å²) in [6, 6.07) is 5.51. The van der Waals surface area contributed by atoms with Crippen LogP contribution in [0.4, 0.5) is 0 Å². The zero-order valence-corrected chi connectivity index (χ0v) is 8.95. The van der Waals surface area contributed by atoms with E-state index in [2.05, 4.69) is 12.2 Å². The van der Waals surface area contributed by atoms with E-state index in [1.54, 1.807) is 0 Å². The van der Waals surface area contributed by atoms with Crippen LogP contribution in [0.15, 0.2) is 18.2 Å². The van der Waals surface area contributed by atoms with Crippen molar-refractivity contribution < 1.29 is 9.90 Å². The Kier molecular flexibility index (Phi) is 2.49. The van der Waals surface area contributed by atoms with Crippen molar-refractivity contribution in [2.45, 2.75) is 25.8 Å². The van der Waals surface area contributed by atoms with Gasteiger partial charge in [0.15, 0.2) is 0 Å². The molecule has 3 nitrogen and oxygen atoms in total. The summed E-state index contributed by atoms with van der Waals surface area (Å²) in [5, 5.41) is 12.2. The second-order valence-corrected chi connectivity index (χ2v) is 4.21. The van der Waals surface area contributed by atoms with Gasteiger partial charge in [-0.15, -0.1) is 0 Å². The average Bonchev–Trinajstić information content (AvgIpc) is 2.17. The molecule has 2 rings (SSSR count). The van der Waals surface area contributed by atoms with Gasteiger partial charge >= 0.3 is 5.97 Å². The van der Waals surface area contributed by atoms with Crippen LogP contribution in [0.3, 0.4) is 0 Å². The van der Waals surface area contributed by atoms with E-state index >= 15 is 0 Å². The number of nitrogens with one attached hydrogen (secondary N) is 1. The van der Waals surface area contributed by atoms with E-state index < -0.39 is 12.0 Å². The molecular weight excluding hydrogens is 190 g/mol. The van der Waals surface area contributed by atoms with Gasteiger partial charge in [0.05, 0.1) is 0 Å². The summed E-state index contributed by atoms with van der Waals surface area (Å²) in [4.78, 5) is 11.1. The highest BCUT2D eigenvalue weighted by molar-refractivity contribution is 5.76. The van der Waals surface area contributed by atoms with E-state index in [1.807, 2.05) is 25.1 Å². The van der Waals surface area contributed by atoms with Crippen molar-refractivity contribution in [3.05, 3.63) is 34.9 Å². The van der Waals surface area contributed by atoms with Crippen LogP contribution in [0.25, 0.3) is 0 Å². The van der Waals surface area contributed by atoms with Crippen LogP contribution in [0.1, 0.15) is 35.6 Å². The topological polar surface area (TPSA) is 49.3 Å². The molecule has 15 heavy (non-hydrogen) atoms. The lowest BCUT2D eigenvalue weighted by Crippen LogP contribution is -2.36. The Labute approximate surface area is 89.1 Å². The standard InChI is InChI=1S/C12H15NO2/c1-7-3-4-9-8(2)6-13-11(12(14)15)10(9)5-7/h3-5,8,11,13H,6H2,1-2H3,(H,14,15)/t8-,11+/m1/s1. The Hall–Kier alpha value is -1.35. The van der Waals surface area contributed by atoms with Gasteiger partial charge in [-0.25, -0.2) is 0 Å².